The van der Waals surface area contributed by atoms with Crippen molar-refractivity contribution >= 4 is 11.5 Å². The van der Waals surface area contributed by atoms with Crippen LogP contribution >= 0.6 is 0 Å². The van der Waals surface area contributed by atoms with Crippen LogP contribution in [0.5, 0.6) is 0 Å². The highest BCUT2D eigenvalue weighted by atomic mass is 15.3. The van der Waals surface area contributed by atoms with Crippen molar-refractivity contribution in [1.29, 1.82) is 0 Å². The molecule has 16 heavy (non-hydrogen) atoms. The van der Waals surface area contributed by atoms with E-state index in [-0.39, 0.29) is 6.17 Å². The Morgan fingerprint density at radius 3 is 3.12 bits per heavy atom. The smallest absolute Gasteiger partial charge is 0.146 e. The normalized spacial score (nSPS) is 28.2. The second-order valence-corrected chi connectivity index (χ2v) is 4.22. The Labute approximate surface area is 93.8 Å². The number of benzene rings is 1. The molecule has 0 bridgehead atoms. The molecular formula is C13H11N3. The number of anilines is 1. The van der Waals surface area contributed by atoms with Gasteiger partial charge in [-0.25, -0.2) is 4.99 Å². The molecule has 0 aromatic heterocycles. The molecule has 0 aliphatic carbocycles. The van der Waals surface area contributed by atoms with Crippen LogP contribution in [0, 0.1) is 0 Å². The van der Waals surface area contributed by atoms with Crippen molar-refractivity contribution in [2.45, 2.75) is 12.2 Å². The van der Waals surface area contributed by atoms with E-state index in [1.165, 1.54) is 11.3 Å². The van der Waals surface area contributed by atoms with E-state index >= 15 is 0 Å². The lowest BCUT2D eigenvalue weighted by molar-refractivity contribution is 0.427. The molecule has 0 spiro atoms. The van der Waals surface area contributed by atoms with E-state index < -0.39 is 0 Å². The van der Waals surface area contributed by atoms with Crippen LogP contribution in [-0.2, 0) is 0 Å². The lowest BCUT2D eigenvalue weighted by Crippen LogP contribution is -2.27. The second-order valence-electron chi connectivity index (χ2n) is 4.22. The summed E-state index contributed by atoms with van der Waals surface area (Å²) in [6.45, 7) is 0. The molecule has 0 amide bonds. The summed E-state index contributed by atoms with van der Waals surface area (Å²) in [5.41, 5.74) is 2.55. The summed E-state index contributed by atoms with van der Waals surface area (Å²) < 4.78 is 0. The van der Waals surface area contributed by atoms with Crippen LogP contribution in [0.2, 0.25) is 0 Å². The van der Waals surface area contributed by atoms with Crippen molar-refractivity contribution in [1.82, 2.24) is 4.90 Å². The number of hydrogen-bond donors (Lipinski definition) is 1. The van der Waals surface area contributed by atoms with Gasteiger partial charge in [0.2, 0.25) is 0 Å². The molecular weight excluding hydrogens is 198 g/mol. The van der Waals surface area contributed by atoms with Gasteiger partial charge in [-0.2, -0.15) is 0 Å². The van der Waals surface area contributed by atoms with E-state index in [4.69, 9.17) is 0 Å². The minimum atomic E-state index is 0.166. The highest BCUT2D eigenvalue weighted by molar-refractivity contribution is 5.97. The molecule has 1 aromatic carbocycles. The van der Waals surface area contributed by atoms with E-state index in [1.807, 2.05) is 6.08 Å². The van der Waals surface area contributed by atoms with Crippen molar-refractivity contribution < 1.29 is 0 Å². The van der Waals surface area contributed by atoms with Crippen molar-refractivity contribution in [3.8, 4) is 0 Å². The molecule has 0 fully saturated rings. The fraction of sp³-hybridized carbons (Fsp3) is 0.154. The van der Waals surface area contributed by atoms with Crippen molar-refractivity contribution in [2.24, 2.45) is 4.99 Å². The molecule has 2 atom stereocenters. The molecule has 0 saturated carbocycles. The number of nitrogens with zero attached hydrogens (tertiary/aromatic N) is 2. The molecule has 3 heterocycles. The number of allylic oxidation sites excluding steroid dienone is 2. The highest BCUT2D eigenvalue weighted by Crippen LogP contribution is 2.42. The number of hydrogen-bond acceptors (Lipinski definition) is 3. The topological polar surface area (TPSA) is 27.6 Å². The van der Waals surface area contributed by atoms with Gasteiger partial charge in [-0.3, -0.25) is 0 Å². The Balaban J connectivity index is 1.85. The van der Waals surface area contributed by atoms with Gasteiger partial charge in [0, 0.05) is 17.5 Å². The fourth-order valence-corrected chi connectivity index (χ4v) is 2.63. The molecule has 3 heteroatoms. The lowest BCUT2D eigenvalue weighted by atomic mass is 10.1. The van der Waals surface area contributed by atoms with E-state index in [9.17, 15) is 0 Å². The first kappa shape index (κ1) is 8.16. The Hall–Kier alpha value is -2.03. The third kappa shape index (κ3) is 0.902. The van der Waals surface area contributed by atoms with Gasteiger partial charge in [-0.15, -0.1) is 0 Å². The van der Waals surface area contributed by atoms with Gasteiger partial charge >= 0.3 is 0 Å². The fourth-order valence-electron chi connectivity index (χ4n) is 2.63. The number of nitrogens with one attached hydrogen (secondary N) is 1. The molecule has 0 radical (unpaired) electrons. The van der Waals surface area contributed by atoms with Crippen LogP contribution in [0.15, 0.2) is 53.7 Å². The molecule has 3 aliphatic rings. The standard InChI is InChI=1S/C13H11N3/c1-2-6-10-9(5-1)12-13(14-10)15-11-7-3-4-8-16(11)12/h1-8,12-14H. The summed E-state index contributed by atoms with van der Waals surface area (Å²) >= 11 is 0. The number of fused-ring (bicyclic) bond motifs is 5. The maximum Gasteiger partial charge on any atom is 0.146 e. The summed E-state index contributed by atoms with van der Waals surface area (Å²) in [6.07, 6.45) is 8.42. The van der Waals surface area contributed by atoms with E-state index in [0.29, 0.717) is 6.04 Å². The summed E-state index contributed by atoms with van der Waals surface area (Å²) in [5.74, 6) is 1.06. The van der Waals surface area contributed by atoms with Gasteiger partial charge in [-0.1, -0.05) is 24.3 Å². The molecule has 3 aliphatic heterocycles. The quantitative estimate of drug-likeness (QED) is 0.709. The van der Waals surface area contributed by atoms with Gasteiger partial charge in [0.25, 0.3) is 0 Å². The van der Waals surface area contributed by atoms with Crippen molar-refractivity contribution in [3.63, 3.8) is 0 Å². The Morgan fingerprint density at radius 1 is 1.19 bits per heavy atom. The van der Waals surface area contributed by atoms with Crippen LogP contribution in [-0.4, -0.2) is 16.9 Å². The Kier molecular flexibility index (Phi) is 1.41. The first-order valence-electron chi connectivity index (χ1n) is 5.50. The first-order valence-corrected chi connectivity index (χ1v) is 5.50. The van der Waals surface area contributed by atoms with Crippen LogP contribution in [0.4, 0.5) is 5.69 Å². The zero-order valence-electron chi connectivity index (χ0n) is 8.67. The molecule has 78 valence electrons. The van der Waals surface area contributed by atoms with E-state index in [1.54, 1.807) is 0 Å². The van der Waals surface area contributed by atoms with Crippen molar-refractivity contribution in [3.05, 3.63) is 54.3 Å². The molecule has 1 N–H and O–H groups in total. The molecule has 3 nitrogen and oxygen atoms in total. The van der Waals surface area contributed by atoms with E-state index in [2.05, 4.69) is 57.8 Å². The zero-order chi connectivity index (χ0) is 10.5. The van der Waals surface area contributed by atoms with Crippen LogP contribution in [0.1, 0.15) is 11.6 Å². The number of aliphatic imine (C=N–C) groups is 1. The van der Waals surface area contributed by atoms with Gasteiger partial charge in [0.1, 0.15) is 18.0 Å². The highest BCUT2D eigenvalue weighted by Gasteiger charge is 2.41. The predicted octanol–water partition coefficient (Wildman–Crippen LogP) is 2.28. The number of rotatable bonds is 0. The average molecular weight is 209 g/mol. The van der Waals surface area contributed by atoms with Gasteiger partial charge < -0.3 is 10.2 Å². The van der Waals surface area contributed by atoms with Crippen molar-refractivity contribution in [2.75, 3.05) is 5.32 Å². The molecule has 1 aromatic rings. The lowest BCUT2D eigenvalue weighted by Gasteiger charge is -2.23. The average Bonchev–Trinajstić information content (AvgIpc) is 2.83. The van der Waals surface area contributed by atoms with Gasteiger partial charge in [0.15, 0.2) is 0 Å². The van der Waals surface area contributed by atoms with Crippen LogP contribution < -0.4 is 5.32 Å². The van der Waals surface area contributed by atoms with Gasteiger partial charge in [0.05, 0.1) is 0 Å². The summed E-state index contributed by atoms with van der Waals surface area (Å²) in [5, 5.41) is 3.46. The molecule has 0 saturated heterocycles. The second kappa shape index (κ2) is 2.76. The molecule has 2 unspecified atom stereocenters. The SMILES string of the molecule is C1=CC2=NC3Nc4ccccc4C3N2C=C1. The third-order valence-electron chi connectivity index (χ3n) is 3.32. The monoisotopic (exact) mass is 209 g/mol. The zero-order valence-corrected chi connectivity index (χ0v) is 8.67. The minimum absolute atomic E-state index is 0.166. The maximum absolute atomic E-state index is 4.68. The minimum Gasteiger partial charge on any atom is -0.361 e. The van der Waals surface area contributed by atoms with Crippen LogP contribution in [0.25, 0.3) is 0 Å². The summed E-state index contributed by atoms with van der Waals surface area (Å²) in [6, 6.07) is 8.77. The molecule has 4 rings (SSSR count). The van der Waals surface area contributed by atoms with E-state index in [0.717, 1.165) is 5.84 Å². The van der Waals surface area contributed by atoms with Crippen LogP contribution in [0.3, 0.4) is 0 Å². The number of para-hydroxylation sites is 1. The summed E-state index contributed by atoms with van der Waals surface area (Å²) in [4.78, 5) is 6.92. The first-order chi connectivity index (χ1) is 7.93. The summed E-state index contributed by atoms with van der Waals surface area (Å²) in [7, 11) is 0. The number of amidine groups is 1. The predicted molar refractivity (Wildman–Crippen MR) is 64.1 cm³/mol. The Morgan fingerprint density at radius 2 is 2.12 bits per heavy atom. The maximum atomic E-state index is 4.68. The van der Waals surface area contributed by atoms with Gasteiger partial charge in [-0.05, 0) is 18.2 Å². The third-order valence-corrected chi connectivity index (χ3v) is 3.32. The Bertz CT molecular complexity index is 542. The largest absolute Gasteiger partial charge is 0.361 e.